The number of rotatable bonds is 8. The molecule has 3 aliphatic rings. The van der Waals surface area contributed by atoms with Gasteiger partial charge in [0.25, 0.3) is 0 Å². The van der Waals surface area contributed by atoms with E-state index < -0.39 is 5.41 Å². The molecule has 2 amide bonds. The predicted molar refractivity (Wildman–Crippen MR) is 96.1 cm³/mol. The van der Waals surface area contributed by atoms with E-state index in [0.717, 1.165) is 32.1 Å². The van der Waals surface area contributed by atoms with Crippen molar-refractivity contribution in [3.05, 3.63) is 24.8 Å². The van der Waals surface area contributed by atoms with Gasteiger partial charge in [-0.15, -0.1) is 6.58 Å². The Hall–Kier alpha value is -1.38. The van der Waals surface area contributed by atoms with Gasteiger partial charge in [-0.25, -0.2) is 0 Å². The highest BCUT2D eigenvalue weighted by Gasteiger charge is 2.73. The van der Waals surface area contributed by atoms with E-state index in [9.17, 15) is 9.59 Å². The predicted octanol–water partition coefficient (Wildman–Crippen LogP) is 4.35. The highest BCUT2D eigenvalue weighted by atomic mass is 16.2. The van der Waals surface area contributed by atoms with E-state index in [4.69, 9.17) is 0 Å². The van der Waals surface area contributed by atoms with Crippen LogP contribution < -0.4 is 0 Å². The number of nitrogens with zero attached hydrogens (tertiary/aromatic N) is 1. The molecular formula is C21H31NO2. The largest absolute Gasteiger partial charge is 0.282 e. The topological polar surface area (TPSA) is 37.4 Å². The summed E-state index contributed by atoms with van der Waals surface area (Å²) < 4.78 is 0. The van der Waals surface area contributed by atoms with E-state index in [0.29, 0.717) is 18.9 Å². The summed E-state index contributed by atoms with van der Waals surface area (Å²) in [6, 6.07) is 0. The molecule has 2 bridgehead atoms. The van der Waals surface area contributed by atoms with Gasteiger partial charge in [0, 0.05) is 12.0 Å². The summed E-state index contributed by atoms with van der Waals surface area (Å²) in [5, 5.41) is 0. The Balaban J connectivity index is 1.90. The van der Waals surface area contributed by atoms with Gasteiger partial charge in [0.1, 0.15) is 0 Å². The van der Waals surface area contributed by atoms with Crippen LogP contribution in [0.1, 0.15) is 59.3 Å². The molecule has 1 aliphatic heterocycles. The van der Waals surface area contributed by atoms with Gasteiger partial charge in [-0.1, -0.05) is 58.3 Å². The van der Waals surface area contributed by atoms with E-state index in [1.807, 2.05) is 6.08 Å². The van der Waals surface area contributed by atoms with Crippen molar-refractivity contribution in [1.82, 2.24) is 4.90 Å². The minimum absolute atomic E-state index is 0.0710. The standard InChI is InChI=1S/C21H31NO2/c1-5-8-9-15(7-3)14-22-18(23)17-16-10-12-20(4,13-16)21(17,11-6-2)19(22)24/h6,10,12,15-17H,2,5,7-9,11,13-14H2,1,3-4H3. The first-order valence-corrected chi connectivity index (χ1v) is 9.61. The number of amides is 2. The molecule has 0 radical (unpaired) electrons. The number of hydrogen-bond donors (Lipinski definition) is 0. The van der Waals surface area contributed by atoms with Gasteiger partial charge in [0.2, 0.25) is 11.8 Å². The maximum Gasteiger partial charge on any atom is 0.237 e. The van der Waals surface area contributed by atoms with Gasteiger partial charge in [0.05, 0.1) is 11.3 Å². The third kappa shape index (κ3) is 2.16. The molecule has 1 saturated carbocycles. The Morgan fingerprint density at radius 2 is 2.17 bits per heavy atom. The zero-order chi connectivity index (χ0) is 17.5. The van der Waals surface area contributed by atoms with Crippen LogP contribution in [0.15, 0.2) is 24.8 Å². The third-order valence-corrected chi connectivity index (χ3v) is 6.96. The summed E-state index contributed by atoms with van der Waals surface area (Å²) >= 11 is 0. The Kier molecular flexibility index (Phi) is 4.48. The van der Waals surface area contributed by atoms with Crippen LogP contribution in [0.25, 0.3) is 0 Å². The van der Waals surface area contributed by atoms with E-state index in [2.05, 4.69) is 39.5 Å². The fraction of sp³-hybridized carbons (Fsp3) is 0.714. The molecule has 3 nitrogen and oxygen atoms in total. The van der Waals surface area contributed by atoms with Gasteiger partial charge < -0.3 is 0 Å². The molecule has 5 unspecified atom stereocenters. The van der Waals surface area contributed by atoms with Crippen LogP contribution >= 0.6 is 0 Å². The summed E-state index contributed by atoms with van der Waals surface area (Å²) in [5.74, 6) is 0.640. The molecule has 132 valence electrons. The third-order valence-electron chi connectivity index (χ3n) is 6.96. The van der Waals surface area contributed by atoms with E-state index >= 15 is 0 Å². The van der Waals surface area contributed by atoms with E-state index in [-0.39, 0.29) is 29.1 Å². The first-order valence-electron chi connectivity index (χ1n) is 9.61. The number of imide groups is 1. The summed E-state index contributed by atoms with van der Waals surface area (Å²) in [5.41, 5.74) is -0.766. The van der Waals surface area contributed by atoms with Crippen molar-refractivity contribution in [2.75, 3.05) is 6.54 Å². The van der Waals surface area contributed by atoms with Crippen LogP contribution in [0.3, 0.4) is 0 Å². The molecular weight excluding hydrogens is 298 g/mol. The average Bonchev–Trinajstić information content (AvgIpc) is 3.13. The van der Waals surface area contributed by atoms with Crippen molar-refractivity contribution >= 4 is 11.8 Å². The molecule has 3 heteroatoms. The summed E-state index contributed by atoms with van der Waals surface area (Å²) in [7, 11) is 0. The smallest absolute Gasteiger partial charge is 0.237 e. The van der Waals surface area contributed by atoms with E-state index in [1.165, 1.54) is 0 Å². The lowest BCUT2D eigenvalue weighted by molar-refractivity contribution is -0.144. The normalized spacial score (nSPS) is 38.0. The number of fused-ring (bicyclic) bond motifs is 5. The first-order chi connectivity index (χ1) is 11.4. The second-order valence-electron chi connectivity index (χ2n) is 8.26. The average molecular weight is 329 g/mol. The Bertz CT molecular complexity index is 580. The quantitative estimate of drug-likeness (QED) is 0.490. The molecule has 0 aromatic heterocycles. The number of allylic oxidation sites excluding steroid dienone is 3. The highest BCUT2D eigenvalue weighted by molar-refractivity contribution is 6.09. The SMILES string of the molecule is C=CCC12C(=O)N(CC(CC)CCCC)C(=O)C1C1C=CC2(C)C1. The molecule has 2 fully saturated rings. The number of carbonyl (C=O) groups excluding carboxylic acids is 2. The number of unbranched alkanes of at least 4 members (excludes halogenated alkanes) is 1. The van der Waals surface area contributed by atoms with Gasteiger partial charge in [-0.3, -0.25) is 14.5 Å². The molecule has 2 aliphatic carbocycles. The van der Waals surface area contributed by atoms with Crippen LogP contribution in [-0.2, 0) is 9.59 Å². The molecule has 3 rings (SSSR count). The monoisotopic (exact) mass is 329 g/mol. The fourth-order valence-electron chi connectivity index (χ4n) is 5.55. The van der Waals surface area contributed by atoms with Crippen LogP contribution in [-0.4, -0.2) is 23.3 Å². The zero-order valence-corrected chi connectivity index (χ0v) is 15.4. The van der Waals surface area contributed by atoms with Gasteiger partial charge in [0.15, 0.2) is 0 Å². The Morgan fingerprint density at radius 3 is 2.79 bits per heavy atom. The van der Waals surface area contributed by atoms with Crippen LogP contribution in [0.5, 0.6) is 0 Å². The molecule has 1 saturated heterocycles. The van der Waals surface area contributed by atoms with Crippen molar-refractivity contribution in [3.8, 4) is 0 Å². The molecule has 0 N–H and O–H groups in total. The molecule has 1 heterocycles. The molecule has 0 spiro atoms. The minimum atomic E-state index is -0.575. The van der Waals surface area contributed by atoms with Crippen molar-refractivity contribution in [1.29, 1.82) is 0 Å². The van der Waals surface area contributed by atoms with Crippen LogP contribution in [0, 0.1) is 28.6 Å². The Morgan fingerprint density at radius 1 is 1.42 bits per heavy atom. The zero-order valence-electron chi connectivity index (χ0n) is 15.4. The lowest BCUT2D eigenvalue weighted by atomic mass is 9.60. The number of hydrogen-bond acceptors (Lipinski definition) is 2. The summed E-state index contributed by atoms with van der Waals surface area (Å²) in [6.45, 7) is 11.0. The summed E-state index contributed by atoms with van der Waals surface area (Å²) in [4.78, 5) is 28.2. The maximum atomic E-state index is 13.5. The maximum absolute atomic E-state index is 13.5. The van der Waals surface area contributed by atoms with E-state index in [1.54, 1.807) is 4.90 Å². The van der Waals surface area contributed by atoms with Gasteiger partial charge in [-0.05, 0) is 31.1 Å². The Labute approximate surface area is 146 Å². The fourth-order valence-corrected chi connectivity index (χ4v) is 5.55. The van der Waals surface area contributed by atoms with Crippen LogP contribution in [0.2, 0.25) is 0 Å². The van der Waals surface area contributed by atoms with Crippen molar-refractivity contribution in [2.45, 2.75) is 59.3 Å². The second kappa shape index (κ2) is 6.16. The van der Waals surface area contributed by atoms with Crippen molar-refractivity contribution in [2.24, 2.45) is 28.6 Å². The number of carbonyl (C=O) groups is 2. The van der Waals surface area contributed by atoms with Crippen LogP contribution in [0.4, 0.5) is 0 Å². The second-order valence-corrected chi connectivity index (χ2v) is 8.26. The lowest BCUT2D eigenvalue weighted by Crippen LogP contribution is -2.45. The highest BCUT2D eigenvalue weighted by Crippen LogP contribution is 2.68. The van der Waals surface area contributed by atoms with Gasteiger partial charge >= 0.3 is 0 Å². The molecule has 0 aromatic carbocycles. The molecule has 24 heavy (non-hydrogen) atoms. The number of likely N-dealkylation sites (tertiary alicyclic amines) is 1. The van der Waals surface area contributed by atoms with Crippen molar-refractivity contribution < 1.29 is 9.59 Å². The molecule has 5 atom stereocenters. The first kappa shape index (κ1) is 17.4. The van der Waals surface area contributed by atoms with Crippen molar-refractivity contribution in [3.63, 3.8) is 0 Å². The minimum Gasteiger partial charge on any atom is -0.282 e. The lowest BCUT2D eigenvalue weighted by Gasteiger charge is -2.40. The van der Waals surface area contributed by atoms with Gasteiger partial charge in [-0.2, -0.15) is 0 Å². The summed E-state index contributed by atoms with van der Waals surface area (Å²) in [6.07, 6.45) is 12.2. The molecule has 0 aromatic rings.